The minimum Gasteiger partial charge on any atom is -0.476 e. The molecule has 1 aliphatic heterocycles. The van der Waals surface area contributed by atoms with Gasteiger partial charge in [-0.1, -0.05) is 0 Å². The van der Waals surface area contributed by atoms with Gasteiger partial charge in [0.25, 0.3) is 0 Å². The molecule has 16 heavy (non-hydrogen) atoms. The molecular weight excluding hydrogens is 212 g/mol. The van der Waals surface area contributed by atoms with Crippen LogP contribution in [0.3, 0.4) is 0 Å². The highest BCUT2D eigenvalue weighted by Crippen LogP contribution is 2.00. The number of aromatic nitrogens is 2. The summed E-state index contributed by atoms with van der Waals surface area (Å²) in [5, 5.41) is 11.4. The second-order valence-corrected chi connectivity index (χ2v) is 3.52. The van der Waals surface area contributed by atoms with E-state index in [0.717, 1.165) is 0 Å². The van der Waals surface area contributed by atoms with Crippen molar-refractivity contribution >= 4 is 12.0 Å². The molecule has 86 valence electrons. The van der Waals surface area contributed by atoms with Gasteiger partial charge in [-0.3, -0.25) is 0 Å². The Labute approximate surface area is 91.7 Å². The first-order valence-corrected chi connectivity index (χ1v) is 4.94. The van der Waals surface area contributed by atoms with Gasteiger partial charge in [0.1, 0.15) is 0 Å². The summed E-state index contributed by atoms with van der Waals surface area (Å²) in [6, 6.07) is -0.0708. The van der Waals surface area contributed by atoms with Crippen molar-refractivity contribution in [3.8, 4) is 0 Å². The summed E-state index contributed by atoms with van der Waals surface area (Å²) in [5.41, 5.74) is 0.0193. The predicted octanol–water partition coefficient (Wildman–Crippen LogP) is -0.393. The lowest BCUT2D eigenvalue weighted by molar-refractivity contribution is 0.0691. The molecule has 0 radical (unpaired) electrons. The van der Waals surface area contributed by atoms with E-state index in [-0.39, 0.29) is 11.7 Å². The molecule has 0 unspecified atom stereocenters. The number of carbonyl (C=O) groups is 2. The predicted molar refractivity (Wildman–Crippen MR) is 54.2 cm³/mol. The Morgan fingerprint density at radius 2 is 2.38 bits per heavy atom. The van der Waals surface area contributed by atoms with Gasteiger partial charge in [-0.25, -0.2) is 14.6 Å². The quantitative estimate of drug-likeness (QED) is 0.728. The third kappa shape index (κ3) is 2.13. The molecule has 1 saturated heterocycles. The fourth-order valence-electron chi connectivity index (χ4n) is 1.55. The van der Waals surface area contributed by atoms with E-state index in [0.29, 0.717) is 26.2 Å². The normalized spacial score (nSPS) is 15.2. The summed E-state index contributed by atoms with van der Waals surface area (Å²) in [4.78, 5) is 27.2. The average molecular weight is 224 g/mol. The molecule has 0 atom stereocenters. The van der Waals surface area contributed by atoms with Crippen LogP contribution in [0.15, 0.2) is 12.5 Å². The fraction of sp³-hybridized carbons (Fsp3) is 0.444. The number of nitrogens with one attached hydrogen (secondary N) is 1. The maximum absolute atomic E-state index is 11.2. The number of hydrogen-bond donors (Lipinski definition) is 2. The van der Waals surface area contributed by atoms with E-state index in [4.69, 9.17) is 5.11 Å². The summed E-state index contributed by atoms with van der Waals surface area (Å²) in [5.74, 6) is -1.04. The molecule has 1 aromatic rings. The number of rotatable bonds is 4. The van der Waals surface area contributed by atoms with Crippen molar-refractivity contribution in [2.24, 2.45) is 0 Å². The molecule has 7 heteroatoms. The Hall–Kier alpha value is -2.05. The molecule has 1 fully saturated rings. The minimum atomic E-state index is -1.04. The third-order valence-corrected chi connectivity index (χ3v) is 2.43. The van der Waals surface area contributed by atoms with Crippen molar-refractivity contribution < 1.29 is 14.7 Å². The van der Waals surface area contributed by atoms with Gasteiger partial charge in [0.05, 0.1) is 6.33 Å². The van der Waals surface area contributed by atoms with Gasteiger partial charge >= 0.3 is 12.0 Å². The zero-order valence-corrected chi connectivity index (χ0v) is 8.59. The molecule has 0 spiro atoms. The lowest BCUT2D eigenvalue weighted by Crippen LogP contribution is -2.30. The van der Waals surface area contributed by atoms with Gasteiger partial charge in [0.15, 0.2) is 5.69 Å². The van der Waals surface area contributed by atoms with Gasteiger partial charge in [-0.2, -0.15) is 0 Å². The highest BCUT2D eigenvalue weighted by Gasteiger charge is 2.18. The number of amides is 2. The first-order chi connectivity index (χ1) is 7.66. The first kappa shape index (κ1) is 10.5. The Kier molecular flexibility index (Phi) is 2.76. The number of hydrogen-bond acceptors (Lipinski definition) is 3. The van der Waals surface area contributed by atoms with Crippen molar-refractivity contribution in [3.05, 3.63) is 18.2 Å². The van der Waals surface area contributed by atoms with Crippen molar-refractivity contribution in [2.45, 2.75) is 6.54 Å². The van der Waals surface area contributed by atoms with Gasteiger partial charge in [0.2, 0.25) is 0 Å². The number of imidazole rings is 1. The molecule has 1 aliphatic rings. The van der Waals surface area contributed by atoms with E-state index in [1.807, 2.05) is 0 Å². The SMILES string of the molecule is O=C(O)c1cn(CCN2CCNC2=O)cn1. The molecule has 1 aromatic heterocycles. The summed E-state index contributed by atoms with van der Waals surface area (Å²) in [6.45, 7) is 2.47. The molecule has 0 aliphatic carbocycles. The van der Waals surface area contributed by atoms with Crippen LogP contribution in [0, 0.1) is 0 Å². The molecule has 2 heterocycles. The Balaban J connectivity index is 1.89. The maximum Gasteiger partial charge on any atom is 0.356 e. The van der Waals surface area contributed by atoms with Crippen LogP contribution in [0.5, 0.6) is 0 Å². The van der Waals surface area contributed by atoms with Crippen LogP contribution >= 0.6 is 0 Å². The van der Waals surface area contributed by atoms with Crippen molar-refractivity contribution in [3.63, 3.8) is 0 Å². The zero-order chi connectivity index (χ0) is 11.5. The van der Waals surface area contributed by atoms with E-state index in [9.17, 15) is 9.59 Å². The lowest BCUT2D eigenvalue weighted by Gasteiger charge is -2.13. The molecule has 7 nitrogen and oxygen atoms in total. The lowest BCUT2D eigenvalue weighted by atomic mass is 10.5. The van der Waals surface area contributed by atoms with Gasteiger partial charge in [0, 0.05) is 32.4 Å². The molecular formula is C9H12N4O3. The molecule has 0 saturated carbocycles. The van der Waals surface area contributed by atoms with Crippen molar-refractivity contribution in [1.82, 2.24) is 19.8 Å². The summed E-state index contributed by atoms with van der Waals surface area (Å²) in [7, 11) is 0. The largest absolute Gasteiger partial charge is 0.476 e. The Bertz CT molecular complexity index is 415. The van der Waals surface area contributed by atoms with Crippen LogP contribution in [0.4, 0.5) is 4.79 Å². The average Bonchev–Trinajstić information content (AvgIpc) is 2.83. The Morgan fingerprint density at radius 3 is 2.94 bits per heavy atom. The molecule has 2 amide bonds. The highest BCUT2D eigenvalue weighted by atomic mass is 16.4. The summed E-state index contributed by atoms with van der Waals surface area (Å²) >= 11 is 0. The van der Waals surface area contributed by atoms with Crippen molar-refractivity contribution in [1.29, 1.82) is 0 Å². The molecule has 2 rings (SSSR count). The molecule has 0 bridgehead atoms. The zero-order valence-electron chi connectivity index (χ0n) is 8.59. The summed E-state index contributed by atoms with van der Waals surface area (Å²) < 4.78 is 1.66. The van der Waals surface area contributed by atoms with Crippen LogP contribution in [-0.2, 0) is 6.54 Å². The number of urea groups is 1. The number of carboxylic acid groups (broad SMARTS) is 1. The van der Waals surface area contributed by atoms with E-state index in [2.05, 4.69) is 10.3 Å². The van der Waals surface area contributed by atoms with Crippen LogP contribution in [0.2, 0.25) is 0 Å². The van der Waals surface area contributed by atoms with Crippen LogP contribution in [-0.4, -0.2) is 51.2 Å². The minimum absolute atomic E-state index is 0.0193. The second-order valence-electron chi connectivity index (χ2n) is 3.52. The van der Waals surface area contributed by atoms with E-state index in [1.54, 1.807) is 9.47 Å². The van der Waals surface area contributed by atoms with E-state index in [1.165, 1.54) is 12.5 Å². The molecule has 0 aromatic carbocycles. The number of carbonyl (C=O) groups excluding carboxylic acids is 1. The van der Waals surface area contributed by atoms with Crippen molar-refractivity contribution in [2.75, 3.05) is 19.6 Å². The summed E-state index contributed by atoms with van der Waals surface area (Å²) in [6.07, 6.45) is 2.91. The first-order valence-electron chi connectivity index (χ1n) is 4.94. The third-order valence-electron chi connectivity index (χ3n) is 2.43. The smallest absolute Gasteiger partial charge is 0.356 e. The van der Waals surface area contributed by atoms with Crippen LogP contribution < -0.4 is 5.32 Å². The monoisotopic (exact) mass is 224 g/mol. The topological polar surface area (TPSA) is 87.5 Å². The van der Waals surface area contributed by atoms with E-state index >= 15 is 0 Å². The number of carboxylic acids is 1. The van der Waals surface area contributed by atoms with Gasteiger partial charge in [-0.05, 0) is 0 Å². The van der Waals surface area contributed by atoms with Gasteiger partial charge < -0.3 is 19.9 Å². The maximum atomic E-state index is 11.2. The fourth-order valence-corrected chi connectivity index (χ4v) is 1.55. The standard InChI is InChI=1S/C9H12N4O3/c14-8(15)7-5-12(6-11-7)3-4-13-2-1-10-9(13)16/h5-6H,1-4H2,(H,10,16)(H,14,15). The Morgan fingerprint density at radius 1 is 1.56 bits per heavy atom. The second kappa shape index (κ2) is 4.21. The molecule has 2 N–H and O–H groups in total. The van der Waals surface area contributed by atoms with E-state index < -0.39 is 5.97 Å². The number of aromatic carboxylic acids is 1. The van der Waals surface area contributed by atoms with Gasteiger partial charge in [-0.15, -0.1) is 0 Å². The van der Waals surface area contributed by atoms with Crippen LogP contribution in [0.25, 0.3) is 0 Å². The number of nitrogens with zero attached hydrogens (tertiary/aromatic N) is 3. The highest BCUT2D eigenvalue weighted by molar-refractivity contribution is 5.84. The van der Waals surface area contributed by atoms with Crippen LogP contribution in [0.1, 0.15) is 10.5 Å².